The summed E-state index contributed by atoms with van der Waals surface area (Å²) in [4.78, 5) is 10.9. The number of benzene rings is 2. The predicted molar refractivity (Wildman–Crippen MR) is 87.3 cm³/mol. The van der Waals surface area contributed by atoms with Gasteiger partial charge in [-0.2, -0.15) is 8.42 Å². The van der Waals surface area contributed by atoms with E-state index >= 15 is 0 Å². The zero-order valence-corrected chi connectivity index (χ0v) is 13.8. The number of carbonyl (C=O) groups excluding carboxylic acids is 1. The normalized spacial score (nSPS) is 11.2. The van der Waals surface area contributed by atoms with Gasteiger partial charge in [0.1, 0.15) is 22.3 Å². The van der Waals surface area contributed by atoms with E-state index in [1.807, 2.05) is 0 Å². The van der Waals surface area contributed by atoms with Gasteiger partial charge in [0.15, 0.2) is 5.76 Å². The van der Waals surface area contributed by atoms with Crippen LogP contribution in [0.25, 0.3) is 0 Å². The highest BCUT2D eigenvalue weighted by atomic mass is 32.2. The van der Waals surface area contributed by atoms with Crippen molar-refractivity contribution in [2.75, 3.05) is 5.32 Å². The van der Waals surface area contributed by atoms with Gasteiger partial charge in [-0.1, -0.05) is 0 Å². The average molecular weight is 379 g/mol. The van der Waals surface area contributed by atoms with Crippen LogP contribution in [0.5, 0.6) is 5.75 Å². The molecule has 0 aliphatic carbocycles. The first-order valence-electron chi connectivity index (χ1n) is 7.19. The molecule has 0 aliphatic rings. The summed E-state index contributed by atoms with van der Waals surface area (Å²) in [6.45, 7) is 0. The van der Waals surface area contributed by atoms with Crippen LogP contribution in [0.4, 0.5) is 14.5 Å². The molecule has 0 unspecified atom stereocenters. The molecule has 6 nitrogen and oxygen atoms in total. The largest absolute Gasteiger partial charge is 0.459 e. The maximum atomic E-state index is 13.6. The van der Waals surface area contributed by atoms with Crippen LogP contribution in [-0.4, -0.2) is 14.3 Å². The van der Waals surface area contributed by atoms with E-state index in [9.17, 15) is 22.0 Å². The highest BCUT2D eigenvalue weighted by Gasteiger charge is 2.22. The number of hydrogen-bond donors (Lipinski definition) is 1. The molecule has 26 heavy (non-hydrogen) atoms. The van der Waals surface area contributed by atoms with E-state index in [0.717, 1.165) is 6.07 Å². The van der Waals surface area contributed by atoms with Crippen LogP contribution in [0.1, 0.15) is 10.6 Å². The second kappa shape index (κ2) is 6.96. The summed E-state index contributed by atoms with van der Waals surface area (Å²) in [7, 11) is -4.56. The minimum atomic E-state index is -4.56. The molecule has 1 amide bonds. The molecule has 0 saturated carbocycles. The van der Waals surface area contributed by atoms with Crippen LogP contribution >= 0.6 is 0 Å². The minimum Gasteiger partial charge on any atom is -0.459 e. The molecule has 0 bridgehead atoms. The monoisotopic (exact) mass is 379 g/mol. The lowest BCUT2D eigenvalue weighted by atomic mass is 10.3. The summed E-state index contributed by atoms with van der Waals surface area (Å²) in [5.41, 5.74) is 0.355. The quantitative estimate of drug-likeness (QED) is 0.685. The third kappa shape index (κ3) is 3.89. The van der Waals surface area contributed by atoms with Gasteiger partial charge in [0, 0.05) is 5.69 Å². The number of hydrogen-bond acceptors (Lipinski definition) is 5. The lowest BCUT2D eigenvalue weighted by molar-refractivity contribution is 0.0996. The van der Waals surface area contributed by atoms with Crippen molar-refractivity contribution < 1.29 is 30.6 Å². The average Bonchev–Trinajstić information content (AvgIpc) is 3.13. The van der Waals surface area contributed by atoms with Crippen LogP contribution in [0, 0.1) is 11.6 Å². The summed E-state index contributed by atoms with van der Waals surface area (Å²) in [6.07, 6.45) is 1.35. The third-order valence-electron chi connectivity index (χ3n) is 3.23. The van der Waals surface area contributed by atoms with E-state index in [1.165, 1.54) is 36.6 Å². The summed E-state index contributed by atoms with van der Waals surface area (Å²) in [5.74, 6) is -2.56. The molecule has 0 saturated heterocycles. The number of furan rings is 1. The number of anilines is 1. The Morgan fingerprint density at radius 2 is 1.77 bits per heavy atom. The SMILES string of the molecule is O=C(Nc1ccc(OS(=O)(=O)c2cc(F)ccc2F)cc1)c1ccco1. The maximum absolute atomic E-state index is 13.6. The molecule has 0 radical (unpaired) electrons. The van der Waals surface area contributed by atoms with E-state index in [4.69, 9.17) is 8.60 Å². The molecule has 0 spiro atoms. The predicted octanol–water partition coefficient (Wildman–Crippen LogP) is 3.58. The Labute approximate surface area is 147 Å². The number of carbonyl (C=O) groups is 1. The van der Waals surface area contributed by atoms with Crippen molar-refractivity contribution in [2.45, 2.75) is 4.90 Å². The molecule has 0 fully saturated rings. The maximum Gasteiger partial charge on any atom is 0.342 e. The Morgan fingerprint density at radius 3 is 2.42 bits per heavy atom. The lowest BCUT2D eigenvalue weighted by Gasteiger charge is -2.09. The zero-order chi connectivity index (χ0) is 18.7. The Hall–Kier alpha value is -3.20. The Bertz CT molecular complexity index is 1030. The number of rotatable bonds is 5. The number of halogens is 2. The Morgan fingerprint density at radius 1 is 1.04 bits per heavy atom. The van der Waals surface area contributed by atoms with Gasteiger partial charge in [0.05, 0.1) is 6.26 Å². The lowest BCUT2D eigenvalue weighted by Crippen LogP contribution is -2.13. The van der Waals surface area contributed by atoms with E-state index in [0.29, 0.717) is 17.8 Å². The number of nitrogens with one attached hydrogen (secondary N) is 1. The summed E-state index contributed by atoms with van der Waals surface area (Å²) < 4.78 is 60.7. The van der Waals surface area contributed by atoms with Gasteiger partial charge in [-0.05, 0) is 54.6 Å². The van der Waals surface area contributed by atoms with Crippen molar-refractivity contribution in [2.24, 2.45) is 0 Å². The van der Waals surface area contributed by atoms with Gasteiger partial charge in [0.2, 0.25) is 0 Å². The van der Waals surface area contributed by atoms with Gasteiger partial charge in [0.25, 0.3) is 5.91 Å². The van der Waals surface area contributed by atoms with E-state index in [1.54, 1.807) is 6.07 Å². The van der Waals surface area contributed by atoms with Crippen LogP contribution in [-0.2, 0) is 10.1 Å². The minimum absolute atomic E-state index is 0.106. The molecule has 134 valence electrons. The molecule has 1 heterocycles. The smallest absolute Gasteiger partial charge is 0.342 e. The molecule has 9 heteroatoms. The molecule has 0 aliphatic heterocycles. The van der Waals surface area contributed by atoms with Gasteiger partial charge >= 0.3 is 10.1 Å². The van der Waals surface area contributed by atoms with Crippen LogP contribution < -0.4 is 9.50 Å². The molecular weight excluding hydrogens is 368 g/mol. The molecule has 1 N–H and O–H groups in total. The second-order valence-electron chi connectivity index (χ2n) is 5.07. The van der Waals surface area contributed by atoms with Gasteiger partial charge in [-0.25, -0.2) is 8.78 Å². The summed E-state index contributed by atoms with van der Waals surface area (Å²) in [6, 6.07) is 10.3. The first-order chi connectivity index (χ1) is 12.3. The van der Waals surface area contributed by atoms with Crippen molar-refractivity contribution in [1.82, 2.24) is 0 Å². The van der Waals surface area contributed by atoms with Gasteiger partial charge in [-0.15, -0.1) is 0 Å². The first kappa shape index (κ1) is 17.6. The second-order valence-corrected chi connectivity index (χ2v) is 6.58. The Kier molecular flexibility index (Phi) is 4.72. The summed E-state index contributed by atoms with van der Waals surface area (Å²) >= 11 is 0. The molecule has 3 aromatic rings. The molecular formula is C17H11F2NO5S. The van der Waals surface area contributed by atoms with E-state index < -0.39 is 32.6 Å². The summed E-state index contributed by atoms with van der Waals surface area (Å²) in [5, 5.41) is 2.54. The van der Waals surface area contributed by atoms with Crippen molar-refractivity contribution in [1.29, 1.82) is 0 Å². The van der Waals surface area contributed by atoms with Crippen molar-refractivity contribution in [3.05, 3.63) is 78.3 Å². The number of amides is 1. The fourth-order valence-electron chi connectivity index (χ4n) is 2.03. The highest BCUT2D eigenvalue weighted by Crippen LogP contribution is 2.23. The van der Waals surface area contributed by atoms with Crippen LogP contribution in [0.2, 0.25) is 0 Å². The molecule has 1 aromatic heterocycles. The fourth-order valence-corrected chi connectivity index (χ4v) is 3.05. The zero-order valence-electron chi connectivity index (χ0n) is 13.0. The van der Waals surface area contributed by atoms with Crippen LogP contribution in [0.15, 0.2) is 70.2 Å². The van der Waals surface area contributed by atoms with Crippen LogP contribution in [0.3, 0.4) is 0 Å². The van der Waals surface area contributed by atoms with Crippen molar-refractivity contribution in [3.63, 3.8) is 0 Å². The first-order valence-corrected chi connectivity index (χ1v) is 8.60. The van der Waals surface area contributed by atoms with Crippen molar-refractivity contribution in [3.8, 4) is 5.75 Å². The topological polar surface area (TPSA) is 85.6 Å². The molecule has 0 atom stereocenters. The fraction of sp³-hybridized carbons (Fsp3) is 0. The Balaban J connectivity index is 1.74. The van der Waals surface area contributed by atoms with E-state index in [2.05, 4.69) is 5.32 Å². The van der Waals surface area contributed by atoms with E-state index in [-0.39, 0.29) is 11.5 Å². The molecule has 3 rings (SSSR count). The van der Waals surface area contributed by atoms with Gasteiger partial charge in [-0.3, -0.25) is 4.79 Å². The molecule has 2 aromatic carbocycles. The van der Waals surface area contributed by atoms with Gasteiger partial charge < -0.3 is 13.9 Å². The highest BCUT2D eigenvalue weighted by molar-refractivity contribution is 7.87. The standard InChI is InChI=1S/C17H11F2NO5S/c18-11-3-8-14(19)16(10-11)26(22,23)25-13-6-4-12(5-7-13)20-17(21)15-2-1-9-24-15/h1-10H,(H,20,21). The van der Waals surface area contributed by atoms with Crippen molar-refractivity contribution >= 4 is 21.7 Å². The third-order valence-corrected chi connectivity index (χ3v) is 4.49.